The lowest BCUT2D eigenvalue weighted by Gasteiger charge is -2.06. The minimum Gasteiger partial charge on any atom is -0.496 e. The molecular formula is C12H14N2O. The molecule has 0 fully saturated rings. The van der Waals surface area contributed by atoms with Crippen LogP contribution in [-0.2, 0) is 0 Å². The van der Waals surface area contributed by atoms with E-state index in [2.05, 4.69) is 16.3 Å². The highest BCUT2D eigenvalue weighted by molar-refractivity contribution is 5.64. The van der Waals surface area contributed by atoms with Crippen molar-refractivity contribution in [3.8, 4) is 17.0 Å². The van der Waals surface area contributed by atoms with Crippen LogP contribution in [0.15, 0.2) is 24.4 Å². The lowest BCUT2D eigenvalue weighted by atomic mass is 10.1. The Morgan fingerprint density at radius 2 is 2.00 bits per heavy atom. The molecule has 0 atom stereocenters. The van der Waals surface area contributed by atoms with Gasteiger partial charge in [0.25, 0.3) is 0 Å². The van der Waals surface area contributed by atoms with Crippen LogP contribution < -0.4 is 4.74 Å². The molecule has 78 valence electrons. The zero-order valence-corrected chi connectivity index (χ0v) is 9.16. The van der Waals surface area contributed by atoms with Crippen molar-refractivity contribution in [3.05, 3.63) is 35.5 Å². The summed E-state index contributed by atoms with van der Waals surface area (Å²) in [5.41, 5.74) is 4.49. The van der Waals surface area contributed by atoms with Crippen molar-refractivity contribution in [1.29, 1.82) is 0 Å². The second-order valence-corrected chi connectivity index (χ2v) is 3.61. The summed E-state index contributed by atoms with van der Waals surface area (Å²) in [6.07, 6.45) is 1.83. The predicted octanol–water partition coefficient (Wildman–Crippen LogP) is 2.70. The number of benzene rings is 1. The molecule has 0 radical (unpaired) electrons. The molecule has 0 unspecified atom stereocenters. The summed E-state index contributed by atoms with van der Waals surface area (Å²) < 4.78 is 5.22. The Balaban J connectivity index is 2.47. The van der Waals surface area contributed by atoms with Crippen LogP contribution in [-0.4, -0.2) is 17.3 Å². The first-order chi connectivity index (χ1) is 7.22. The minimum atomic E-state index is 0.913. The summed E-state index contributed by atoms with van der Waals surface area (Å²) in [6, 6.07) is 6.11. The van der Waals surface area contributed by atoms with Gasteiger partial charge in [0.2, 0.25) is 0 Å². The first-order valence-electron chi connectivity index (χ1n) is 4.87. The number of hydrogen-bond donors (Lipinski definition) is 1. The number of H-pyrrole nitrogens is 1. The summed E-state index contributed by atoms with van der Waals surface area (Å²) in [5.74, 6) is 0.913. The molecule has 0 spiro atoms. The van der Waals surface area contributed by atoms with Crippen LogP contribution in [0.3, 0.4) is 0 Å². The van der Waals surface area contributed by atoms with Crippen molar-refractivity contribution < 1.29 is 4.74 Å². The topological polar surface area (TPSA) is 37.9 Å². The number of aromatic nitrogens is 2. The van der Waals surface area contributed by atoms with E-state index in [0.717, 1.165) is 28.1 Å². The van der Waals surface area contributed by atoms with E-state index in [9.17, 15) is 0 Å². The van der Waals surface area contributed by atoms with Crippen molar-refractivity contribution >= 4 is 0 Å². The van der Waals surface area contributed by atoms with Gasteiger partial charge in [-0.15, -0.1) is 0 Å². The number of aryl methyl sites for hydroxylation is 2. The maximum atomic E-state index is 5.22. The van der Waals surface area contributed by atoms with Gasteiger partial charge in [0.15, 0.2) is 0 Å². The maximum absolute atomic E-state index is 5.22. The molecule has 0 saturated carbocycles. The number of rotatable bonds is 2. The van der Waals surface area contributed by atoms with Crippen LogP contribution >= 0.6 is 0 Å². The number of hydrogen-bond acceptors (Lipinski definition) is 2. The van der Waals surface area contributed by atoms with Crippen LogP contribution in [0.5, 0.6) is 5.75 Å². The molecule has 3 nitrogen and oxygen atoms in total. The summed E-state index contributed by atoms with van der Waals surface area (Å²) in [6.45, 7) is 4.08. The molecule has 0 aliphatic heterocycles. The molecule has 0 aliphatic rings. The van der Waals surface area contributed by atoms with E-state index >= 15 is 0 Å². The van der Waals surface area contributed by atoms with Crippen molar-refractivity contribution in [3.63, 3.8) is 0 Å². The SMILES string of the molecule is COc1ccc(-c2[nH]ncc2C)cc1C. The summed E-state index contributed by atoms with van der Waals surface area (Å²) in [7, 11) is 1.68. The average Bonchev–Trinajstić information content (AvgIpc) is 2.64. The fourth-order valence-electron chi connectivity index (χ4n) is 1.67. The highest BCUT2D eigenvalue weighted by Gasteiger charge is 2.05. The van der Waals surface area contributed by atoms with E-state index in [1.165, 1.54) is 0 Å². The molecule has 2 aromatic rings. The summed E-state index contributed by atoms with van der Waals surface area (Å²) >= 11 is 0. The summed E-state index contributed by atoms with van der Waals surface area (Å²) in [5, 5.41) is 7.01. The monoisotopic (exact) mass is 202 g/mol. The van der Waals surface area contributed by atoms with Gasteiger partial charge in [-0.2, -0.15) is 5.10 Å². The second-order valence-electron chi connectivity index (χ2n) is 3.61. The number of methoxy groups -OCH3 is 1. The van der Waals surface area contributed by atoms with Gasteiger partial charge in [-0.25, -0.2) is 0 Å². The number of nitrogens with zero attached hydrogens (tertiary/aromatic N) is 1. The molecule has 0 bridgehead atoms. The van der Waals surface area contributed by atoms with Crippen LogP contribution in [0.25, 0.3) is 11.3 Å². The van der Waals surface area contributed by atoms with Crippen molar-refractivity contribution in [2.24, 2.45) is 0 Å². The van der Waals surface area contributed by atoms with Crippen LogP contribution in [0.2, 0.25) is 0 Å². The van der Waals surface area contributed by atoms with Crippen LogP contribution in [0.4, 0.5) is 0 Å². The molecule has 0 aliphatic carbocycles. The van der Waals surface area contributed by atoms with Gasteiger partial charge in [0, 0.05) is 5.56 Å². The van der Waals surface area contributed by atoms with Gasteiger partial charge in [-0.1, -0.05) is 0 Å². The lowest BCUT2D eigenvalue weighted by molar-refractivity contribution is 0.412. The third-order valence-corrected chi connectivity index (χ3v) is 2.51. The molecular weight excluding hydrogens is 188 g/mol. The Labute approximate surface area is 89.1 Å². The first kappa shape index (κ1) is 9.77. The van der Waals surface area contributed by atoms with Gasteiger partial charge >= 0.3 is 0 Å². The van der Waals surface area contributed by atoms with E-state index in [4.69, 9.17) is 4.74 Å². The average molecular weight is 202 g/mol. The van der Waals surface area contributed by atoms with E-state index in [1.54, 1.807) is 7.11 Å². The Morgan fingerprint density at radius 3 is 2.53 bits per heavy atom. The van der Waals surface area contributed by atoms with E-state index in [-0.39, 0.29) is 0 Å². The zero-order valence-electron chi connectivity index (χ0n) is 9.16. The molecule has 3 heteroatoms. The Bertz CT molecular complexity index is 474. The fraction of sp³-hybridized carbons (Fsp3) is 0.250. The highest BCUT2D eigenvalue weighted by Crippen LogP contribution is 2.26. The highest BCUT2D eigenvalue weighted by atomic mass is 16.5. The smallest absolute Gasteiger partial charge is 0.121 e. The van der Waals surface area contributed by atoms with Crippen molar-refractivity contribution in [2.75, 3.05) is 7.11 Å². The zero-order chi connectivity index (χ0) is 10.8. The number of nitrogens with one attached hydrogen (secondary N) is 1. The molecule has 2 rings (SSSR count). The molecule has 0 saturated heterocycles. The van der Waals surface area contributed by atoms with Gasteiger partial charge in [-0.3, -0.25) is 5.10 Å². The third-order valence-electron chi connectivity index (χ3n) is 2.51. The second kappa shape index (κ2) is 3.77. The number of aromatic amines is 1. The molecule has 15 heavy (non-hydrogen) atoms. The normalized spacial score (nSPS) is 10.3. The Morgan fingerprint density at radius 1 is 1.20 bits per heavy atom. The third kappa shape index (κ3) is 1.73. The van der Waals surface area contributed by atoms with Crippen LogP contribution in [0.1, 0.15) is 11.1 Å². The first-order valence-corrected chi connectivity index (χ1v) is 4.87. The predicted molar refractivity (Wildman–Crippen MR) is 60.0 cm³/mol. The molecule has 0 amide bonds. The number of ether oxygens (including phenoxy) is 1. The summed E-state index contributed by atoms with van der Waals surface area (Å²) in [4.78, 5) is 0. The van der Waals surface area contributed by atoms with Gasteiger partial charge < -0.3 is 4.74 Å². The van der Waals surface area contributed by atoms with E-state index in [0.29, 0.717) is 0 Å². The van der Waals surface area contributed by atoms with Gasteiger partial charge in [0.05, 0.1) is 19.0 Å². The van der Waals surface area contributed by atoms with Crippen molar-refractivity contribution in [1.82, 2.24) is 10.2 Å². The quantitative estimate of drug-likeness (QED) is 0.813. The van der Waals surface area contributed by atoms with Gasteiger partial charge in [-0.05, 0) is 43.2 Å². The van der Waals surface area contributed by atoms with Crippen LogP contribution in [0, 0.1) is 13.8 Å². The Hall–Kier alpha value is -1.77. The van der Waals surface area contributed by atoms with Gasteiger partial charge in [0.1, 0.15) is 5.75 Å². The fourth-order valence-corrected chi connectivity index (χ4v) is 1.67. The molecule has 1 heterocycles. The minimum absolute atomic E-state index is 0.913. The van der Waals surface area contributed by atoms with Crippen molar-refractivity contribution in [2.45, 2.75) is 13.8 Å². The van der Waals surface area contributed by atoms with E-state index in [1.807, 2.05) is 32.2 Å². The largest absolute Gasteiger partial charge is 0.496 e. The standard InChI is InChI=1S/C12H14N2O/c1-8-6-10(4-5-11(8)15-3)12-9(2)7-13-14-12/h4-7H,1-3H3,(H,13,14). The maximum Gasteiger partial charge on any atom is 0.121 e. The van der Waals surface area contributed by atoms with E-state index < -0.39 is 0 Å². The lowest BCUT2D eigenvalue weighted by Crippen LogP contribution is -1.88. The molecule has 1 aromatic heterocycles. The molecule has 1 aromatic carbocycles. The molecule has 1 N–H and O–H groups in total. The Kier molecular flexibility index (Phi) is 2.46.